The number of aryl methyl sites for hydroxylation is 2. The van der Waals surface area contributed by atoms with E-state index in [1.165, 1.54) is 32.2 Å². The first-order valence-electron chi connectivity index (χ1n) is 28.8. The van der Waals surface area contributed by atoms with E-state index in [-0.39, 0.29) is 99.6 Å². The number of fused-ring (bicyclic) bond motifs is 3. The summed E-state index contributed by atoms with van der Waals surface area (Å²) in [6.45, 7) is 3.29. The molecule has 25 heteroatoms. The molecule has 84 heavy (non-hydrogen) atoms. The van der Waals surface area contributed by atoms with Crippen molar-refractivity contribution in [3.05, 3.63) is 99.6 Å². The summed E-state index contributed by atoms with van der Waals surface area (Å²) >= 11 is 1.58. The largest absolute Gasteiger partial charge is 0.401 e. The second kappa shape index (κ2) is 26.7. The summed E-state index contributed by atoms with van der Waals surface area (Å²) in [4.78, 5) is 143. The molecule has 1 unspecified atom stereocenters. The van der Waals surface area contributed by atoms with Crippen LogP contribution in [0.2, 0.25) is 0 Å². The molecule has 0 radical (unpaired) electrons. The van der Waals surface area contributed by atoms with Crippen molar-refractivity contribution < 1.29 is 56.8 Å². The molecule has 3 aliphatic heterocycles. The van der Waals surface area contributed by atoms with Crippen LogP contribution in [0.5, 0.6) is 0 Å². The lowest BCUT2D eigenvalue weighted by Gasteiger charge is -2.40. The third-order valence-corrected chi connectivity index (χ3v) is 19.4. The maximum atomic E-state index is 15.2. The topological polar surface area (TPSA) is 312 Å². The maximum absolute atomic E-state index is 15.2. The third-order valence-electron chi connectivity index (χ3n) is 16.7. The summed E-state index contributed by atoms with van der Waals surface area (Å²) in [6.07, 6.45) is 7.30. The number of primary amides is 1. The fourth-order valence-corrected chi connectivity index (χ4v) is 14.1. The third kappa shape index (κ3) is 13.6. The number of nitrogens with zero attached hydrogens (tertiary/aromatic N) is 4. The number of nitrogens with two attached hydrogens (primary N) is 1. The molecule has 3 aromatic carbocycles. The molecule has 0 spiro atoms. The number of amides is 8. The van der Waals surface area contributed by atoms with Gasteiger partial charge in [0.15, 0.2) is 0 Å². The number of nitrogens with one attached hydrogen (secondary N) is 5. The molecule has 1 aliphatic carbocycles. The Kier molecular flexibility index (Phi) is 19.4. The summed E-state index contributed by atoms with van der Waals surface area (Å²) in [5, 5.41) is 11.3. The molecule has 9 rings (SSSR count). The average Bonchev–Trinajstić information content (AvgIpc) is 2.67. The number of benzene rings is 3. The summed E-state index contributed by atoms with van der Waals surface area (Å²) in [6, 6.07) is 14.4. The van der Waals surface area contributed by atoms with Gasteiger partial charge in [0.1, 0.15) is 29.9 Å². The van der Waals surface area contributed by atoms with Crippen molar-refractivity contribution in [1.29, 1.82) is 0 Å². The lowest BCUT2D eigenvalue weighted by molar-refractivity contribution is -0.147. The van der Waals surface area contributed by atoms with Crippen LogP contribution in [0.4, 0.5) is 0 Å². The Bertz CT molecular complexity index is 3470. The van der Waals surface area contributed by atoms with Gasteiger partial charge in [0.2, 0.25) is 41.4 Å². The molecule has 1 saturated carbocycles. The lowest BCUT2D eigenvalue weighted by atomic mass is 9.79. The van der Waals surface area contributed by atoms with Crippen molar-refractivity contribution in [3.8, 4) is 0 Å². The Hall–Kier alpha value is -7.40. The Balaban J connectivity index is 0.902. The first kappa shape index (κ1) is 61.2. The SMILES string of the molecule is CCOP(=O)(OCC)C(=O)c1ccc2[nH]c(C(=O)N[C@H]3CN(C(=O)[C@H]4CC[C@@H](CCc5ccc6c(c5)n(C)c(=O)n6C5CCC(=O)NC5=O)CC4)CC[C@H]4CC[C@@H](C(=O)N[C@@H](CCC(N)=O)C(=O)NCc5ccc(SC)cc5)N4C3=O)cc2c1. The normalized spacial score (nSPS) is 21.5. The number of carbonyl (C=O) groups is 9. The number of H-pyrrole nitrogens is 1. The van der Waals surface area contributed by atoms with Crippen LogP contribution >= 0.6 is 19.4 Å². The molecule has 7 N–H and O–H groups in total. The van der Waals surface area contributed by atoms with Gasteiger partial charge >= 0.3 is 13.3 Å². The van der Waals surface area contributed by atoms with Crippen molar-refractivity contribution in [3.63, 3.8) is 0 Å². The monoisotopic (exact) mass is 1190 g/mol. The van der Waals surface area contributed by atoms with Crippen LogP contribution in [0, 0.1) is 11.8 Å². The van der Waals surface area contributed by atoms with Crippen LogP contribution in [0.25, 0.3) is 21.9 Å². The van der Waals surface area contributed by atoms with Gasteiger partial charge in [-0.3, -0.25) is 62.2 Å². The van der Waals surface area contributed by atoms with E-state index in [0.717, 1.165) is 41.7 Å². The number of imide groups is 1. The lowest BCUT2D eigenvalue weighted by Crippen LogP contribution is -2.62. The summed E-state index contributed by atoms with van der Waals surface area (Å²) < 4.78 is 26.9. The smallest absolute Gasteiger partial charge is 0.370 e. The molecule has 8 amide bonds. The standard InChI is InChI=1S/C59H73N10O13PS/c1-5-81-83(80,82-6-2)58(78)38-16-20-42-39(30-38)31-44(62-42)53(73)64-45-33-67(28-27-40-17-23-47(68(40)57(45)77)54(74)63-43(21-25-50(60)70)52(72)61-32-36-11-18-41(84-4)19-12-36)56(76)37-14-9-34(10-15-37)7-8-35-13-22-46-49(29-35)66(3)59(79)69(46)48-24-26-51(71)65-55(48)75/h11-13,16,18-20,22,29-31,34,37,40,43,45,47-48,62H,5-10,14-15,17,21,23-28,32-33H2,1-4H3,(H2,60,70)(H,61,72)(H,63,74)(H,64,73)(H,65,71,75)/t34-,37+,40-,43+,45+,47+,48?/m1/s1. The van der Waals surface area contributed by atoms with Crippen LogP contribution in [-0.2, 0) is 67.2 Å². The fourth-order valence-electron chi connectivity index (χ4n) is 12.2. The van der Waals surface area contributed by atoms with Gasteiger partial charge in [-0.2, -0.15) is 0 Å². The predicted molar refractivity (Wildman–Crippen MR) is 312 cm³/mol. The fraction of sp³-hybridized carbons (Fsp3) is 0.492. The Morgan fingerprint density at radius 3 is 2.26 bits per heavy atom. The number of hydrogen-bond acceptors (Lipinski definition) is 14. The minimum Gasteiger partial charge on any atom is -0.370 e. The first-order valence-corrected chi connectivity index (χ1v) is 31.6. The number of piperidine rings is 1. The van der Waals surface area contributed by atoms with E-state index in [1.54, 1.807) is 43.6 Å². The van der Waals surface area contributed by atoms with Crippen LogP contribution < -0.4 is 32.7 Å². The second-order valence-electron chi connectivity index (χ2n) is 22.1. The quantitative estimate of drug-likeness (QED) is 0.0298. The van der Waals surface area contributed by atoms with Gasteiger partial charge in [-0.25, -0.2) is 4.79 Å². The van der Waals surface area contributed by atoms with Crippen molar-refractivity contribution in [2.75, 3.05) is 32.6 Å². The highest BCUT2D eigenvalue weighted by molar-refractivity contribution is 7.98. The Labute approximate surface area is 489 Å². The van der Waals surface area contributed by atoms with E-state index < -0.39 is 78.8 Å². The molecule has 0 bridgehead atoms. The van der Waals surface area contributed by atoms with Crippen LogP contribution in [0.3, 0.4) is 0 Å². The van der Waals surface area contributed by atoms with Gasteiger partial charge in [-0.1, -0.05) is 18.2 Å². The van der Waals surface area contributed by atoms with Crippen LogP contribution in [-0.4, -0.2) is 133 Å². The molecular weight excluding hydrogens is 1120 g/mol. The van der Waals surface area contributed by atoms with Crippen LogP contribution in [0.1, 0.15) is 129 Å². The van der Waals surface area contributed by atoms with E-state index in [2.05, 4.69) is 26.3 Å². The molecule has 2 aromatic heterocycles. The minimum absolute atomic E-state index is 0.0174. The number of aromatic amines is 1. The molecule has 4 aliphatic rings. The zero-order valence-electron chi connectivity index (χ0n) is 47.6. The van der Waals surface area contributed by atoms with Gasteiger partial charge in [0.25, 0.3) is 11.4 Å². The molecular formula is C59H73N10O13PS. The first-order chi connectivity index (χ1) is 40.3. The number of imidazole rings is 1. The summed E-state index contributed by atoms with van der Waals surface area (Å²) in [7, 11) is -2.51. The number of hydrogen-bond donors (Lipinski definition) is 6. The van der Waals surface area contributed by atoms with E-state index >= 15 is 4.79 Å². The van der Waals surface area contributed by atoms with Gasteiger partial charge in [0, 0.05) is 72.8 Å². The van der Waals surface area contributed by atoms with E-state index in [0.29, 0.717) is 53.5 Å². The summed E-state index contributed by atoms with van der Waals surface area (Å²) in [5.74, 6) is -4.18. The minimum atomic E-state index is -4.17. The molecule has 4 fully saturated rings. The number of carbonyl (C=O) groups excluding carboxylic acids is 9. The van der Waals surface area contributed by atoms with Gasteiger partial charge < -0.3 is 45.5 Å². The van der Waals surface area contributed by atoms with Gasteiger partial charge in [-0.05, 0) is 156 Å². The zero-order valence-corrected chi connectivity index (χ0v) is 49.4. The molecule has 5 atom stereocenters. The molecule has 448 valence electrons. The van der Waals surface area contributed by atoms with E-state index in [1.807, 2.05) is 48.7 Å². The summed E-state index contributed by atoms with van der Waals surface area (Å²) in [5.41, 5.74) is 7.95. The second-order valence-corrected chi connectivity index (χ2v) is 24.9. The predicted octanol–water partition coefficient (Wildman–Crippen LogP) is 5.12. The number of thioether (sulfide) groups is 1. The van der Waals surface area contributed by atoms with Crippen molar-refractivity contribution in [1.82, 2.24) is 45.2 Å². The highest BCUT2D eigenvalue weighted by atomic mass is 32.2. The van der Waals surface area contributed by atoms with Crippen molar-refractivity contribution in [2.45, 2.75) is 139 Å². The molecule has 5 heterocycles. The molecule has 5 aromatic rings. The molecule has 23 nitrogen and oxygen atoms in total. The maximum Gasteiger partial charge on any atom is 0.401 e. The van der Waals surface area contributed by atoms with Gasteiger partial charge in [0.05, 0.1) is 24.2 Å². The Morgan fingerprint density at radius 1 is 0.845 bits per heavy atom. The number of rotatable bonds is 22. The van der Waals surface area contributed by atoms with Crippen LogP contribution in [0.15, 0.2) is 76.4 Å². The highest BCUT2D eigenvalue weighted by Crippen LogP contribution is 2.51. The molecule has 3 saturated heterocycles. The average molecular weight is 1190 g/mol. The zero-order chi connectivity index (χ0) is 60.0. The highest BCUT2D eigenvalue weighted by Gasteiger charge is 2.47. The van der Waals surface area contributed by atoms with Crippen molar-refractivity contribution in [2.24, 2.45) is 24.6 Å². The van der Waals surface area contributed by atoms with Gasteiger partial charge in [-0.15, -0.1) is 11.8 Å². The van der Waals surface area contributed by atoms with Crippen molar-refractivity contribution >= 4 is 94.1 Å². The van der Waals surface area contributed by atoms with E-state index in [9.17, 15) is 47.7 Å². The Morgan fingerprint density at radius 2 is 1.57 bits per heavy atom. The number of aromatic nitrogens is 3. The van der Waals surface area contributed by atoms with E-state index in [4.69, 9.17) is 14.8 Å².